The number of hydrogen-bond donors (Lipinski definition) is 18. The number of phosphoric acid groups is 1. The van der Waals surface area contributed by atoms with E-state index in [2.05, 4.69) is 67.3 Å². The lowest BCUT2D eigenvalue weighted by molar-refractivity contribution is -0.386. The van der Waals surface area contributed by atoms with Gasteiger partial charge in [0.15, 0.2) is 55.9 Å². The number of phosphoric ester groups is 1. The molecule has 0 radical (unpaired) electrons. The number of aliphatic hydroxyl groups excluding tert-OH is 1. The van der Waals surface area contributed by atoms with E-state index >= 15 is 0 Å². The van der Waals surface area contributed by atoms with E-state index in [4.69, 9.17) is 42.6 Å². The molecule has 0 aromatic rings. The van der Waals surface area contributed by atoms with Crippen molar-refractivity contribution >= 4 is 164 Å². The Morgan fingerprint density at radius 1 is 0.208 bits per heavy atom. The molecule has 0 amide bonds. The smallest absolute Gasteiger partial charge is 0.366 e. The molecule has 0 unspecified atom stereocenters. The molecule has 5 saturated heterocycles. The molecule has 0 aromatic heterocycles. The summed E-state index contributed by atoms with van der Waals surface area (Å²) in [4.78, 5) is 19.1. The van der Waals surface area contributed by atoms with Crippen molar-refractivity contribution in [3.05, 3.63) is 0 Å². The van der Waals surface area contributed by atoms with Gasteiger partial charge in [-0.05, 0) is 0 Å². The van der Waals surface area contributed by atoms with Gasteiger partial charge in [-0.1, -0.05) is 0 Å². The Labute approximate surface area is 670 Å². The molecular formula is C30H53O74PS15. The van der Waals surface area contributed by atoms with Gasteiger partial charge in [0, 0.05) is 0 Å². The Bertz CT molecular complexity index is 5480. The Hall–Kier alpha value is -2.24. The highest BCUT2D eigenvalue weighted by Gasteiger charge is 2.65. The number of hydrogen-bond acceptors (Lipinski definition) is 57. The normalized spacial score (nSPS) is 33.4. The first-order valence-corrected chi connectivity index (χ1v) is 50.3. The van der Waals surface area contributed by atoms with Crippen molar-refractivity contribution in [1.29, 1.82) is 0 Å². The molecule has 90 heteroatoms. The lowest BCUT2D eigenvalue weighted by Crippen LogP contribution is -2.70. The molecule has 120 heavy (non-hydrogen) atoms. The van der Waals surface area contributed by atoms with Crippen LogP contribution in [-0.4, -0.2) is 396 Å². The van der Waals surface area contributed by atoms with Gasteiger partial charge in [-0.25, -0.2) is 67.3 Å². The third-order valence-corrected chi connectivity index (χ3v) is 21.0. The summed E-state index contributed by atoms with van der Waals surface area (Å²) in [5, 5.41) is 11.3. The lowest BCUT2D eigenvalue weighted by atomic mass is 9.95. The van der Waals surface area contributed by atoms with Gasteiger partial charge in [0.1, 0.15) is 97.7 Å². The Morgan fingerprint density at radius 3 is 0.567 bits per heavy atom. The zero-order valence-electron chi connectivity index (χ0n) is 55.5. The van der Waals surface area contributed by atoms with Crippen LogP contribution < -0.4 is 0 Å². The van der Waals surface area contributed by atoms with Crippen LogP contribution >= 0.6 is 7.82 Å². The van der Waals surface area contributed by atoms with Crippen LogP contribution in [0.25, 0.3) is 0 Å². The monoisotopic (exact) mass is 2110 g/mol. The van der Waals surface area contributed by atoms with E-state index < -0.39 is 350 Å². The second-order valence-electron chi connectivity index (χ2n) is 22.1. The van der Waals surface area contributed by atoms with Crippen LogP contribution in [0, 0.1) is 0 Å². The van der Waals surface area contributed by atoms with E-state index in [1.54, 1.807) is 0 Å². The van der Waals surface area contributed by atoms with Crippen LogP contribution in [0.4, 0.5) is 0 Å². The van der Waals surface area contributed by atoms with Crippen molar-refractivity contribution in [2.45, 2.75) is 154 Å². The Kier molecular flexibility index (Phi) is 35.7. The van der Waals surface area contributed by atoms with Crippen molar-refractivity contribution in [3.8, 4) is 0 Å². The summed E-state index contributed by atoms with van der Waals surface area (Å²) >= 11 is 0. The molecule has 0 saturated carbocycles. The van der Waals surface area contributed by atoms with Crippen LogP contribution in [0.3, 0.4) is 0 Å². The third kappa shape index (κ3) is 38.6. The molecule has 0 aliphatic carbocycles. The first-order chi connectivity index (χ1) is 53.3. The average molecular weight is 2110 g/mol. The highest BCUT2D eigenvalue weighted by molar-refractivity contribution is 7.84. The van der Waals surface area contributed by atoms with Crippen molar-refractivity contribution in [2.75, 3.05) is 33.0 Å². The fourth-order valence-corrected chi connectivity index (χ4v) is 17.3. The molecule has 0 aromatic carbocycles. The fourth-order valence-electron chi connectivity index (χ4n) is 10.3. The van der Waals surface area contributed by atoms with Gasteiger partial charge >= 0.3 is 164 Å². The maximum Gasteiger partial charge on any atom is 0.469 e. The quantitative estimate of drug-likeness (QED) is 0.0199. The summed E-state index contributed by atoms with van der Waals surface area (Å²) < 4.78 is 651. The standard InChI is InChI=1S/C30H53O74PS15/c31-26-21(19(99-115(62,63)64)15(98-114(59,60)61)7(85-26)2-81-106(35,36)37)93-29-24(103-119(74,75)76)18(13(96-112(53,54)55)10(89-29)5-84-109(44,45)46)91-27-22(101-117(68,69)70)16(11(94-110(47,48)49)8(87-27)3-82-107(38,39)40)90-28-23(102-118(71,72)73)17(12(95-111(50,51)52)9(88-28)4-83-108(41,42)43)92-30-25(104-120(77,78)79)20(100-116(65,66)67)14(97-113(56,57)58)6(86-30)1-80-105(32,33)34/h6-31H,1-5H2,(H2,32,33,34)(H,35,36,37)(H,38,39,40)(H,41,42,43)(H,44,45,46)(H,47,48,49)(H,50,51,52)(H,53,54,55)(H,56,57,58)(H,59,60,61)(H,62,63,64)(H,65,66,67)(H,68,69,70)(H,71,72,73)(H,74,75,76)(H,77,78,79)/t6-,7-,8+,9-,10+,11-,12-,13+,14-,15+,16-,17-,18-,19-,20-,21+,22+,23-,24+,25-,26+,27+,28-,29+,30-/m0/s1. The largest absolute Gasteiger partial charge is 0.469 e. The van der Waals surface area contributed by atoms with E-state index in [-0.39, 0.29) is 0 Å². The molecule has 74 nitrogen and oxygen atoms in total. The van der Waals surface area contributed by atoms with E-state index in [0.717, 1.165) is 0 Å². The second kappa shape index (κ2) is 39.6. The molecule has 5 fully saturated rings. The summed E-state index contributed by atoms with van der Waals surface area (Å²) in [5.41, 5.74) is 0. The molecule has 5 rings (SSSR count). The van der Waals surface area contributed by atoms with Crippen LogP contribution in [-0.2, 0) is 270 Å². The summed E-state index contributed by atoms with van der Waals surface area (Å²) in [6.45, 7) is -11.9. The minimum Gasteiger partial charge on any atom is -0.366 e. The summed E-state index contributed by atoms with van der Waals surface area (Å²) in [7, 11) is -106. The Morgan fingerprint density at radius 2 is 0.367 bits per heavy atom. The van der Waals surface area contributed by atoms with E-state index in [0.29, 0.717) is 0 Å². The molecule has 5 aliphatic rings. The predicted octanol–water partition coefficient (Wildman–Crippen LogP) is -14.4. The van der Waals surface area contributed by atoms with Crippen LogP contribution in [0.15, 0.2) is 0 Å². The van der Waals surface area contributed by atoms with Crippen molar-refractivity contribution in [2.24, 2.45) is 0 Å². The number of rotatable bonds is 45. The second-order valence-corrected chi connectivity index (χ2v) is 39.3. The molecule has 0 spiro atoms. The third-order valence-electron chi connectivity index (χ3n) is 13.6. The maximum absolute atomic E-state index is 13.3. The SMILES string of the molecule is O=P(O)(O)OC[C@@H]1O[C@@H](O[C@@H]2[C@H](OS(=O)(=O)O)[C@H](O[C@H]3[C@@H](OS(=O)(=O)O)[C@@H](COS(=O)(=O)O)O[C@H](O[C@@H]4[C@@H](OS(=O)(=O)O)[C@@H](O[C@@H]5[C@@H](OS(=O)(=O)O)[C@H](OS(=O)(=O)O)[C@H](COS(=O)(=O)O)O[C@H]5O)O[C@H](COS(=O)(=O)O)[C@H]4OS(=O)(=O)O)[C@@H]3OS(=O)(=O)O)O[C@@H](COS(=O)(=O)O)[C@@H]2OS(=O)(=O)O)[C@@H](OS(=O)(=O)O)[C@@H](OS(=O)(=O)O)[C@H]1OS(=O)(=O)O. The van der Waals surface area contributed by atoms with E-state index in [1.807, 2.05) is 0 Å². The highest BCUT2D eigenvalue weighted by atomic mass is 32.3. The van der Waals surface area contributed by atoms with E-state index in [1.165, 1.54) is 0 Å². The van der Waals surface area contributed by atoms with Crippen molar-refractivity contribution < 1.29 is 324 Å². The van der Waals surface area contributed by atoms with Crippen LogP contribution in [0.5, 0.6) is 0 Å². The minimum atomic E-state index is -7.10. The van der Waals surface area contributed by atoms with Gasteiger partial charge in [-0.3, -0.25) is 72.8 Å². The van der Waals surface area contributed by atoms with Crippen LogP contribution in [0.1, 0.15) is 0 Å². The van der Waals surface area contributed by atoms with E-state index in [9.17, 15) is 214 Å². The van der Waals surface area contributed by atoms with Crippen molar-refractivity contribution in [3.63, 3.8) is 0 Å². The first-order valence-electron chi connectivity index (χ1n) is 28.2. The molecule has 0 bridgehead atoms. The van der Waals surface area contributed by atoms with Crippen LogP contribution in [0.2, 0.25) is 0 Å². The molecule has 5 heterocycles. The van der Waals surface area contributed by atoms with Gasteiger partial charge in [0.25, 0.3) is 0 Å². The van der Waals surface area contributed by atoms with Gasteiger partial charge < -0.3 is 57.5 Å². The molecular weight excluding hydrogens is 2060 g/mol. The first kappa shape index (κ1) is 108. The summed E-state index contributed by atoms with van der Waals surface area (Å²) in [6.07, 6.45) is -96.1. The van der Waals surface area contributed by atoms with Gasteiger partial charge in [0.2, 0.25) is 0 Å². The molecule has 5 aliphatic heterocycles. The molecule has 18 N–H and O–H groups in total. The van der Waals surface area contributed by atoms with Gasteiger partial charge in [0.05, 0.1) is 33.0 Å². The maximum atomic E-state index is 13.3. The average Bonchev–Trinajstić information content (AvgIpc) is 0.750. The van der Waals surface area contributed by atoms with Crippen molar-refractivity contribution in [1.82, 2.24) is 0 Å². The lowest BCUT2D eigenvalue weighted by Gasteiger charge is -2.51. The predicted molar refractivity (Wildman–Crippen MR) is 334 cm³/mol. The highest BCUT2D eigenvalue weighted by Crippen LogP contribution is 2.44. The molecule has 712 valence electrons. The number of aliphatic hydroxyl groups is 1. The topological polar surface area (TPSA) is 1120 Å². The fraction of sp³-hybridized carbons (Fsp3) is 1.00. The van der Waals surface area contributed by atoms with Gasteiger partial charge in [-0.2, -0.15) is 126 Å². The number of ether oxygens (including phenoxy) is 9. The zero-order valence-corrected chi connectivity index (χ0v) is 68.6. The summed E-state index contributed by atoms with van der Waals surface area (Å²) in [5.74, 6) is 0. The van der Waals surface area contributed by atoms with Gasteiger partial charge in [-0.15, -0.1) is 0 Å². The minimum absolute atomic E-state index is 2.05. The zero-order chi connectivity index (χ0) is 92.6. The molecule has 25 atom stereocenters. The summed E-state index contributed by atoms with van der Waals surface area (Å²) in [6, 6.07) is 0. The Balaban J connectivity index is 2.02.